The monoisotopic (exact) mass is 358 g/mol. The Labute approximate surface area is 158 Å². The average Bonchev–Trinajstić information content (AvgIpc) is 3.12. The maximum atomic E-state index is 5.48. The van der Waals surface area contributed by atoms with Crippen LogP contribution >= 0.6 is 0 Å². The van der Waals surface area contributed by atoms with Gasteiger partial charge >= 0.3 is 0 Å². The minimum absolute atomic E-state index is 0.794. The van der Waals surface area contributed by atoms with E-state index in [0.717, 1.165) is 46.3 Å². The summed E-state index contributed by atoms with van der Waals surface area (Å²) in [6, 6.07) is 20.3. The summed E-state index contributed by atoms with van der Waals surface area (Å²) in [6.07, 6.45) is 1.03. The predicted octanol–water partition coefficient (Wildman–Crippen LogP) is 5.02. The molecule has 27 heavy (non-hydrogen) atoms. The zero-order valence-electron chi connectivity index (χ0n) is 15.7. The van der Waals surface area contributed by atoms with E-state index < -0.39 is 0 Å². The van der Waals surface area contributed by atoms with Crippen LogP contribution in [0.1, 0.15) is 18.2 Å². The van der Waals surface area contributed by atoms with Gasteiger partial charge in [-0.3, -0.25) is 0 Å². The molecule has 4 aromatic rings. The van der Waals surface area contributed by atoms with Crippen molar-refractivity contribution < 1.29 is 4.74 Å². The molecule has 2 aromatic carbocycles. The fourth-order valence-electron chi connectivity index (χ4n) is 3.15. The molecule has 0 fully saturated rings. The molecule has 0 aliphatic rings. The van der Waals surface area contributed by atoms with Crippen LogP contribution in [0.5, 0.6) is 5.75 Å². The Morgan fingerprint density at radius 3 is 2.56 bits per heavy atom. The summed E-state index contributed by atoms with van der Waals surface area (Å²) in [7, 11) is 1.67. The van der Waals surface area contributed by atoms with E-state index in [9.17, 15) is 0 Å². The Balaban J connectivity index is 1.78. The number of hydrogen-bond donors (Lipinski definition) is 1. The Kier molecular flexibility index (Phi) is 4.50. The highest BCUT2D eigenvalue weighted by Gasteiger charge is 2.13. The van der Waals surface area contributed by atoms with Gasteiger partial charge < -0.3 is 10.1 Å². The van der Waals surface area contributed by atoms with Crippen LogP contribution in [0.25, 0.3) is 16.9 Å². The summed E-state index contributed by atoms with van der Waals surface area (Å²) in [5, 5.41) is 8.24. The van der Waals surface area contributed by atoms with Crippen LogP contribution in [0.3, 0.4) is 0 Å². The Bertz CT molecular complexity index is 1080. The van der Waals surface area contributed by atoms with Crippen molar-refractivity contribution in [1.82, 2.24) is 14.6 Å². The maximum absolute atomic E-state index is 5.48. The van der Waals surface area contributed by atoms with Crippen molar-refractivity contribution in [1.29, 1.82) is 0 Å². The number of benzene rings is 2. The second-order valence-electron chi connectivity index (χ2n) is 6.46. The second kappa shape index (κ2) is 7.11. The number of aromatic nitrogens is 3. The molecule has 0 amide bonds. The largest absolute Gasteiger partial charge is 0.496 e. The van der Waals surface area contributed by atoms with Gasteiger partial charge in [-0.1, -0.05) is 31.2 Å². The SMILES string of the molecule is CCc1ccc(Nc2cc(C)nc3cc(-c4ccccc4OC)nn23)cc1. The smallest absolute Gasteiger partial charge is 0.158 e. The van der Waals surface area contributed by atoms with Crippen molar-refractivity contribution in [2.45, 2.75) is 20.3 Å². The molecule has 4 rings (SSSR count). The Hall–Kier alpha value is -3.34. The van der Waals surface area contributed by atoms with Gasteiger partial charge in [0.1, 0.15) is 11.6 Å². The summed E-state index contributed by atoms with van der Waals surface area (Å²) in [5.41, 5.74) is 5.84. The first kappa shape index (κ1) is 17.1. The number of ether oxygens (including phenoxy) is 1. The highest BCUT2D eigenvalue weighted by atomic mass is 16.5. The lowest BCUT2D eigenvalue weighted by Gasteiger charge is -2.10. The van der Waals surface area contributed by atoms with Gasteiger partial charge in [0, 0.05) is 29.1 Å². The minimum atomic E-state index is 0.794. The molecule has 2 aromatic heterocycles. The van der Waals surface area contributed by atoms with Crippen molar-refractivity contribution in [3.8, 4) is 17.0 Å². The Morgan fingerprint density at radius 2 is 1.81 bits per heavy atom. The van der Waals surface area contributed by atoms with Crippen LogP contribution < -0.4 is 10.1 Å². The minimum Gasteiger partial charge on any atom is -0.496 e. The molecule has 0 atom stereocenters. The van der Waals surface area contributed by atoms with Gasteiger partial charge in [-0.15, -0.1) is 0 Å². The van der Waals surface area contributed by atoms with Crippen molar-refractivity contribution in [2.24, 2.45) is 0 Å². The van der Waals surface area contributed by atoms with Gasteiger partial charge in [0.2, 0.25) is 0 Å². The molecule has 1 N–H and O–H groups in total. The van der Waals surface area contributed by atoms with E-state index >= 15 is 0 Å². The fourth-order valence-corrected chi connectivity index (χ4v) is 3.15. The van der Waals surface area contributed by atoms with Gasteiger partial charge in [-0.25, -0.2) is 4.98 Å². The number of rotatable bonds is 5. The fraction of sp³-hybridized carbons (Fsp3) is 0.182. The number of nitrogens with zero attached hydrogens (tertiary/aromatic N) is 3. The van der Waals surface area contributed by atoms with E-state index in [0.29, 0.717) is 0 Å². The van der Waals surface area contributed by atoms with E-state index in [-0.39, 0.29) is 0 Å². The van der Waals surface area contributed by atoms with Crippen LogP contribution in [0.2, 0.25) is 0 Å². The lowest BCUT2D eigenvalue weighted by Crippen LogP contribution is -2.02. The molecule has 136 valence electrons. The molecule has 0 saturated heterocycles. The highest BCUT2D eigenvalue weighted by molar-refractivity contribution is 5.71. The Morgan fingerprint density at radius 1 is 1.04 bits per heavy atom. The molecule has 0 spiro atoms. The first-order valence-electron chi connectivity index (χ1n) is 9.04. The third-order valence-electron chi connectivity index (χ3n) is 4.57. The molecule has 0 unspecified atom stereocenters. The molecule has 0 aliphatic heterocycles. The molecule has 5 heteroatoms. The van der Waals surface area contributed by atoms with Gasteiger partial charge in [-0.05, 0) is 43.2 Å². The van der Waals surface area contributed by atoms with E-state index in [4.69, 9.17) is 9.84 Å². The molecular formula is C22H22N4O. The lowest BCUT2D eigenvalue weighted by atomic mass is 10.1. The van der Waals surface area contributed by atoms with Gasteiger partial charge in [0.15, 0.2) is 5.65 Å². The van der Waals surface area contributed by atoms with Gasteiger partial charge in [0.05, 0.1) is 12.8 Å². The summed E-state index contributed by atoms with van der Waals surface area (Å²) in [5.74, 6) is 1.67. The lowest BCUT2D eigenvalue weighted by molar-refractivity contribution is 0.416. The van der Waals surface area contributed by atoms with Crippen molar-refractivity contribution >= 4 is 17.2 Å². The summed E-state index contributed by atoms with van der Waals surface area (Å²) < 4.78 is 7.32. The first-order valence-corrected chi connectivity index (χ1v) is 9.04. The molecular weight excluding hydrogens is 336 g/mol. The van der Waals surface area contributed by atoms with Crippen molar-refractivity contribution in [3.05, 3.63) is 71.9 Å². The first-order chi connectivity index (χ1) is 13.2. The number of para-hydroxylation sites is 1. The quantitative estimate of drug-likeness (QED) is 0.544. The topological polar surface area (TPSA) is 51.5 Å². The van der Waals surface area contributed by atoms with Crippen molar-refractivity contribution in [3.63, 3.8) is 0 Å². The molecule has 0 bridgehead atoms. The van der Waals surface area contributed by atoms with Crippen LogP contribution in [-0.2, 0) is 6.42 Å². The van der Waals surface area contributed by atoms with Gasteiger partial charge in [0.25, 0.3) is 0 Å². The third kappa shape index (κ3) is 3.36. The molecule has 0 saturated carbocycles. The van der Waals surface area contributed by atoms with Crippen LogP contribution in [0.4, 0.5) is 11.5 Å². The molecule has 2 heterocycles. The number of nitrogens with one attached hydrogen (secondary N) is 1. The predicted molar refractivity (Wildman–Crippen MR) is 109 cm³/mol. The van der Waals surface area contributed by atoms with E-state index in [2.05, 4.69) is 41.5 Å². The summed E-state index contributed by atoms with van der Waals surface area (Å²) in [4.78, 5) is 4.63. The number of fused-ring (bicyclic) bond motifs is 1. The summed E-state index contributed by atoms with van der Waals surface area (Å²) >= 11 is 0. The normalized spacial score (nSPS) is 10.9. The van der Waals surface area contributed by atoms with Crippen molar-refractivity contribution in [2.75, 3.05) is 12.4 Å². The van der Waals surface area contributed by atoms with Crippen LogP contribution in [0.15, 0.2) is 60.7 Å². The number of aryl methyl sites for hydroxylation is 2. The molecule has 0 radical (unpaired) electrons. The maximum Gasteiger partial charge on any atom is 0.158 e. The van der Waals surface area contributed by atoms with E-state index in [1.807, 2.05) is 47.8 Å². The number of hydrogen-bond acceptors (Lipinski definition) is 4. The standard InChI is InChI=1S/C22H22N4O/c1-4-16-9-11-17(12-10-16)24-21-13-15(2)23-22-14-19(25-26(21)22)18-7-5-6-8-20(18)27-3/h5-14,24H,4H2,1-3H3. The van der Waals surface area contributed by atoms with E-state index in [1.54, 1.807) is 7.11 Å². The van der Waals surface area contributed by atoms with Gasteiger partial charge in [-0.2, -0.15) is 9.61 Å². The average molecular weight is 358 g/mol. The molecule has 5 nitrogen and oxygen atoms in total. The second-order valence-corrected chi connectivity index (χ2v) is 6.46. The zero-order valence-corrected chi connectivity index (χ0v) is 15.7. The highest BCUT2D eigenvalue weighted by Crippen LogP contribution is 2.30. The number of methoxy groups -OCH3 is 1. The number of anilines is 2. The van der Waals surface area contributed by atoms with Crippen LogP contribution in [-0.4, -0.2) is 21.7 Å². The zero-order chi connectivity index (χ0) is 18.8. The van der Waals surface area contributed by atoms with E-state index in [1.165, 1.54) is 5.56 Å². The third-order valence-corrected chi connectivity index (χ3v) is 4.57. The summed E-state index contributed by atoms with van der Waals surface area (Å²) in [6.45, 7) is 4.14. The molecule has 0 aliphatic carbocycles. The van der Waals surface area contributed by atoms with Crippen LogP contribution in [0, 0.1) is 6.92 Å².